The van der Waals surface area contributed by atoms with Crippen molar-refractivity contribution < 1.29 is 26.7 Å². The van der Waals surface area contributed by atoms with Crippen LogP contribution in [0.3, 0.4) is 0 Å². The summed E-state index contributed by atoms with van der Waals surface area (Å²) >= 11 is 0. The van der Waals surface area contributed by atoms with Gasteiger partial charge in [-0.15, -0.1) is 0 Å². The fourth-order valence-electron chi connectivity index (χ4n) is 0.828. The summed E-state index contributed by atoms with van der Waals surface area (Å²) in [6.45, 7) is -3.33. The molecule has 17 heavy (non-hydrogen) atoms. The average Bonchev–Trinajstić information content (AvgIpc) is 2.15. The third kappa shape index (κ3) is 3.71. The summed E-state index contributed by atoms with van der Waals surface area (Å²) in [7, 11) is 0. The number of hydrogen-bond donors (Lipinski definition) is 1. The molecule has 1 heterocycles. The van der Waals surface area contributed by atoms with Crippen LogP contribution in [-0.4, -0.2) is 16.6 Å². The van der Waals surface area contributed by atoms with Crippen LogP contribution in [0.1, 0.15) is 5.69 Å². The second kappa shape index (κ2) is 4.77. The minimum absolute atomic E-state index is 0.203. The van der Waals surface area contributed by atoms with Crippen molar-refractivity contribution in [3.05, 3.63) is 11.8 Å². The van der Waals surface area contributed by atoms with E-state index in [2.05, 4.69) is 14.7 Å². The molecule has 0 bridgehead atoms. The van der Waals surface area contributed by atoms with Gasteiger partial charge in [-0.05, 0) is 0 Å². The zero-order chi connectivity index (χ0) is 13.1. The molecule has 0 aromatic carbocycles. The van der Waals surface area contributed by atoms with E-state index in [4.69, 9.17) is 5.26 Å². The molecule has 0 atom stereocenters. The zero-order valence-corrected chi connectivity index (χ0v) is 7.79. The Hall–Kier alpha value is -2.18. The van der Waals surface area contributed by atoms with Gasteiger partial charge in [0.05, 0.1) is 0 Å². The van der Waals surface area contributed by atoms with Crippen LogP contribution in [0, 0.1) is 11.5 Å². The zero-order valence-electron chi connectivity index (χ0n) is 7.79. The molecule has 92 valence electrons. The van der Waals surface area contributed by atoms with Gasteiger partial charge in [0, 0.05) is 6.07 Å². The number of nitrogens with zero attached hydrogens (tertiary/aromatic N) is 3. The number of nitriles is 1. The highest BCUT2D eigenvalue weighted by atomic mass is 19.4. The first-order chi connectivity index (χ1) is 7.82. The van der Waals surface area contributed by atoms with E-state index in [0.717, 1.165) is 0 Å². The third-order valence-corrected chi connectivity index (χ3v) is 1.37. The average molecular weight is 254 g/mol. The molecule has 0 aliphatic carbocycles. The Labute approximate surface area is 90.8 Å². The molecule has 0 radical (unpaired) electrons. The van der Waals surface area contributed by atoms with E-state index in [1.54, 1.807) is 5.32 Å². The van der Waals surface area contributed by atoms with Crippen molar-refractivity contribution in [1.82, 2.24) is 9.97 Å². The summed E-state index contributed by atoms with van der Waals surface area (Å²) in [6, 6.07) is 0.203. The SMILES string of the molecule is N#CNc1nc(OC(F)F)cc(C(F)(F)F)n1. The molecule has 10 heteroatoms. The van der Waals surface area contributed by atoms with Crippen LogP contribution >= 0.6 is 0 Å². The van der Waals surface area contributed by atoms with Crippen LogP contribution in [0.25, 0.3) is 0 Å². The summed E-state index contributed by atoms with van der Waals surface area (Å²) in [4.78, 5) is 6.04. The van der Waals surface area contributed by atoms with Gasteiger partial charge in [-0.2, -0.15) is 32.2 Å². The topological polar surface area (TPSA) is 70.8 Å². The summed E-state index contributed by atoms with van der Waals surface area (Å²) in [6.07, 6.45) is -3.61. The highest BCUT2D eigenvalue weighted by molar-refractivity contribution is 5.35. The molecule has 0 saturated heterocycles. The second-order valence-electron chi connectivity index (χ2n) is 2.53. The van der Waals surface area contributed by atoms with Crippen molar-refractivity contribution in [2.75, 3.05) is 5.32 Å². The van der Waals surface area contributed by atoms with E-state index in [1.807, 2.05) is 0 Å². The summed E-state index contributed by atoms with van der Waals surface area (Å²) < 4.78 is 64.2. The predicted octanol–water partition coefficient (Wildman–Crippen LogP) is 1.99. The Morgan fingerprint density at radius 1 is 1.35 bits per heavy atom. The van der Waals surface area contributed by atoms with E-state index in [0.29, 0.717) is 0 Å². The van der Waals surface area contributed by atoms with Crippen molar-refractivity contribution in [1.29, 1.82) is 5.26 Å². The molecule has 1 rings (SSSR count). The number of alkyl halides is 5. The molecule has 5 nitrogen and oxygen atoms in total. The lowest BCUT2D eigenvalue weighted by Gasteiger charge is -2.09. The lowest BCUT2D eigenvalue weighted by molar-refractivity contribution is -0.141. The van der Waals surface area contributed by atoms with Gasteiger partial charge in [-0.25, -0.2) is 4.98 Å². The summed E-state index contributed by atoms with van der Waals surface area (Å²) in [5.41, 5.74) is -1.50. The Morgan fingerprint density at radius 2 is 2.00 bits per heavy atom. The normalized spacial score (nSPS) is 11.1. The number of halogens is 5. The van der Waals surface area contributed by atoms with Gasteiger partial charge in [0.25, 0.3) is 0 Å². The molecule has 1 aromatic rings. The lowest BCUT2D eigenvalue weighted by atomic mass is 10.4. The quantitative estimate of drug-likeness (QED) is 0.507. The van der Waals surface area contributed by atoms with E-state index in [-0.39, 0.29) is 6.07 Å². The Morgan fingerprint density at radius 3 is 2.47 bits per heavy atom. The largest absolute Gasteiger partial charge is 0.433 e. The molecule has 1 aromatic heterocycles. The monoisotopic (exact) mass is 254 g/mol. The number of rotatable bonds is 3. The highest BCUT2D eigenvalue weighted by Crippen LogP contribution is 2.30. The van der Waals surface area contributed by atoms with E-state index in [9.17, 15) is 22.0 Å². The van der Waals surface area contributed by atoms with Crippen LogP contribution in [0.15, 0.2) is 6.07 Å². The number of anilines is 1. The first-order valence-corrected chi connectivity index (χ1v) is 3.89. The number of aromatic nitrogens is 2. The standard InChI is InChI=1S/C7H3F5N4O/c8-5(9)17-4-1-3(7(10,11)12)15-6(16-4)14-2-13/h1,5H,(H,14,15,16). The Kier molecular flexibility index (Phi) is 3.62. The predicted molar refractivity (Wildman–Crippen MR) is 42.9 cm³/mol. The highest BCUT2D eigenvalue weighted by Gasteiger charge is 2.34. The molecular weight excluding hydrogens is 251 g/mol. The number of hydrogen-bond acceptors (Lipinski definition) is 5. The van der Waals surface area contributed by atoms with Gasteiger partial charge in [-0.3, -0.25) is 5.32 Å². The molecular formula is C7H3F5N4O. The fraction of sp³-hybridized carbons (Fsp3) is 0.286. The summed E-state index contributed by atoms with van der Waals surface area (Å²) in [5.74, 6) is -1.77. The first-order valence-electron chi connectivity index (χ1n) is 3.89. The lowest BCUT2D eigenvalue weighted by Crippen LogP contribution is -2.13. The van der Waals surface area contributed by atoms with Crippen molar-refractivity contribution in [3.8, 4) is 12.1 Å². The molecule has 0 fully saturated rings. The second-order valence-corrected chi connectivity index (χ2v) is 2.53. The van der Waals surface area contributed by atoms with E-state index in [1.165, 1.54) is 6.19 Å². The van der Waals surface area contributed by atoms with Gasteiger partial charge < -0.3 is 4.74 Å². The minimum Gasteiger partial charge on any atom is -0.417 e. The van der Waals surface area contributed by atoms with Crippen molar-refractivity contribution in [2.45, 2.75) is 12.8 Å². The van der Waals surface area contributed by atoms with Gasteiger partial charge in [0.2, 0.25) is 11.8 Å². The van der Waals surface area contributed by atoms with Crippen molar-refractivity contribution in [3.63, 3.8) is 0 Å². The Bertz CT molecular complexity index is 441. The molecule has 0 amide bonds. The van der Waals surface area contributed by atoms with Crippen LogP contribution in [0.5, 0.6) is 5.88 Å². The van der Waals surface area contributed by atoms with Crippen molar-refractivity contribution in [2.24, 2.45) is 0 Å². The molecule has 1 N–H and O–H groups in total. The first kappa shape index (κ1) is 12.9. The van der Waals surface area contributed by atoms with Crippen LogP contribution in [0.2, 0.25) is 0 Å². The maximum absolute atomic E-state index is 12.3. The van der Waals surface area contributed by atoms with Crippen molar-refractivity contribution >= 4 is 5.95 Å². The minimum atomic E-state index is -4.87. The van der Waals surface area contributed by atoms with Gasteiger partial charge in [0.15, 0.2) is 11.9 Å². The Balaban J connectivity index is 3.15. The van der Waals surface area contributed by atoms with Gasteiger partial charge >= 0.3 is 12.8 Å². The fourth-order valence-corrected chi connectivity index (χ4v) is 0.828. The maximum Gasteiger partial charge on any atom is 0.433 e. The van der Waals surface area contributed by atoms with E-state index >= 15 is 0 Å². The molecule has 0 unspecified atom stereocenters. The molecule has 0 saturated carbocycles. The number of nitrogens with one attached hydrogen (secondary N) is 1. The maximum atomic E-state index is 12.3. The smallest absolute Gasteiger partial charge is 0.417 e. The summed E-state index contributed by atoms with van der Waals surface area (Å²) in [5, 5.41) is 9.87. The van der Waals surface area contributed by atoms with Gasteiger partial charge in [-0.1, -0.05) is 0 Å². The third-order valence-electron chi connectivity index (χ3n) is 1.37. The van der Waals surface area contributed by atoms with Crippen LogP contribution in [-0.2, 0) is 6.18 Å². The molecule has 0 spiro atoms. The number of ether oxygens (including phenoxy) is 1. The van der Waals surface area contributed by atoms with Gasteiger partial charge in [0.1, 0.15) is 0 Å². The van der Waals surface area contributed by atoms with Crippen LogP contribution in [0.4, 0.5) is 27.9 Å². The van der Waals surface area contributed by atoms with Crippen LogP contribution < -0.4 is 10.1 Å². The molecule has 0 aliphatic rings. The molecule has 0 aliphatic heterocycles. The van der Waals surface area contributed by atoms with E-state index < -0.39 is 30.3 Å².